The van der Waals surface area contributed by atoms with E-state index in [4.69, 9.17) is 0 Å². The van der Waals surface area contributed by atoms with Crippen LogP contribution in [0.15, 0.2) is 23.1 Å². The second-order valence-electron chi connectivity index (χ2n) is 3.72. The van der Waals surface area contributed by atoms with Crippen LogP contribution >= 0.6 is 12.6 Å². The van der Waals surface area contributed by atoms with Crippen LogP contribution in [-0.2, 0) is 13.0 Å². The summed E-state index contributed by atoms with van der Waals surface area (Å²) in [4.78, 5) is 1.01. The largest absolute Gasteiger partial charge is 0.306 e. The van der Waals surface area contributed by atoms with Crippen molar-refractivity contribution in [2.24, 2.45) is 0 Å². The molecule has 0 atom stereocenters. The van der Waals surface area contributed by atoms with Gasteiger partial charge in [0.1, 0.15) is 5.82 Å². The lowest BCUT2D eigenvalue weighted by molar-refractivity contribution is 0.760. The predicted octanol–water partition coefficient (Wildman–Crippen LogP) is 2.16. The second kappa shape index (κ2) is 3.10. The van der Waals surface area contributed by atoms with Crippen LogP contribution < -0.4 is 0 Å². The summed E-state index contributed by atoms with van der Waals surface area (Å²) in [6.45, 7) is 2.99. The Kier molecular flexibility index (Phi) is 1.85. The number of rotatable bonds is 1. The molecule has 0 bridgehead atoms. The minimum absolute atomic E-state index is 0.884. The third-order valence-corrected chi connectivity index (χ3v) is 3.08. The average molecular weight is 217 g/mol. The summed E-state index contributed by atoms with van der Waals surface area (Å²) in [6, 6.07) is 6.18. The molecule has 76 valence electrons. The Bertz CT molecular complexity index is 531. The maximum atomic E-state index is 4.35. The van der Waals surface area contributed by atoms with Crippen molar-refractivity contribution < 1.29 is 0 Å². The van der Waals surface area contributed by atoms with Gasteiger partial charge in [-0.1, -0.05) is 6.92 Å². The van der Waals surface area contributed by atoms with Crippen molar-refractivity contribution >= 4 is 12.6 Å². The Labute approximate surface area is 93.6 Å². The number of fused-ring (bicyclic) bond motifs is 3. The molecule has 0 saturated heterocycles. The Morgan fingerprint density at radius 2 is 2.27 bits per heavy atom. The molecule has 15 heavy (non-hydrogen) atoms. The number of nitrogens with zero attached hydrogens (tertiary/aromatic N) is 3. The summed E-state index contributed by atoms with van der Waals surface area (Å²) in [7, 11) is 0. The molecular formula is C11H11N3S. The van der Waals surface area contributed by atoms with E-state index in [1.807, 2.05) is 6.07 Å². The molecule has 0 N–H and O–H groups in total. The summed E-state index contributed by atoms with van der Waals surface area (Å²) in [5.74, 6) is 2.05. The molecule has 1 aliphatic heterocycles. The maximum absolute atomic E-state index is 4.35. The molecule has 0 amide bonds. The lowest BCUT2D eigenvalue weighted by atomic mass is 10.1. The molecule has 1 aromatic carbocycles. The van der Waals surface area contributed by atoms with Crippen LogP contribution in [0.4, 0.5) is 0 Å². The van der Waals surface area contributed by atoms with E-state index in [1.165, 1.54) is 11.1 Å². The highest BCUT2D eigenvalue weighted by atomic mass is 32.1. The van der Waals surface area contributed by atoms with Gasteiger partial charge in [0.2, 0.25) is 0 Å². The molecular weight excluding hydrogens is 206 g/mol. The van der Waals surface area contributed by atoms with E-state index < -0.39 is 0 Å². The Morgan fingerprint density at radius 1 is 1.40 bits per heavy atom. The molecule has 2 aromatic rings. The van der Waals surface area contributed by atoms with Gasteiger partial charge in [0.25, 0.3) is 0 Å². The normalized spacial score (nSPS) is 12.7. The van der Waals surface area contributed by atoms with Gasteiger partial charge in [-0.25, -0.2) is 0 Å². The molecule has 4 heteroatoms. The smallest absolute Gasteiger partial charge is 0.164 e. The molecule has 1 aromatic heterocycles. The van der Waals surface area contributed by atoms with Gasteiger partial charge < -0.3 is 4.57 Å². The van der Waals surface area contributed by atoms with Crippen molar-refractivity contribution in [2.75, 3.05) is 0 Å². The second-order valence-corrected chi connectivity index (χ2v) is 4.24. The average Bonchev–Trinajstić information content (AvgIpc) is 2.74. The van der Waals surface area contributed by atoms with Crippen molar-refractivity contribution in [2.45, 2.75) is 24.8 Å². The zero-order chi connectivity index (χ0) is 10.4. The Morgan fingerprint density at radius 3 is 3.07 bits per heavy atom. The number of thiol groups is 1. The van der Waals surface area contributed by atoms with Gasteiger partial charge in [-0.15, -0.1) is 22.8 Å². The number of aryl methyl sites for hydroxylation is 1. The van der Waals surface area contributed by atoms with E-state index in [0.29, 0.717) is 0 Å². The summed E-state index contributed by atoms with van der Waals surface area (Å²) < 4.78 is 2.18. The summed E-state index contributed by atoms with van der Waals surface area (Å²) in [5, 5.41) is 8.40. The van der Waals surface area contributed by atoms with E-state index >= 15 is 0 Å². The minimum atomic E-state index is 0.884. The topological polar surface area (TPSA) is 30.7 Å². The summed E-state index contributed by atoms with van der Waals surface area (Å²) in [5.41, 5.74) is 2.49. The van der Waals surface area contributed by atoms with Crippen LogP contribution in [0.3, 0.4) is 0 Å². The van der Waals surface area contributed by atoms with E-state index in [1.54, 1.807) is 0 Å². The van der Waals surface area contributed by atoms with Crippen molar-refractivity contribution in [3.63, 3.8) is 0 Å². The molecule has 0 fully saturated rings. The highest BCUT2D eigenvalue weighted by molar-refractivity contribution is 7.80. The number of aromatic nitrogens is 3. The molecule has 0 saturated carbocycles. The highest BCUT2D eigenvalue weighted by Gasteiger charge is 2.22. The van der Waals surface area contributed by atoms with E-state index in [0.717, 1.165) is 29.5 Å². The fourth-order valence-electron chi connectivity index (χ4n) is 2.06. The van der Waals surface area contributed by atoms with Gasteiger partial charge in [0.05, 0.1) is 6.54 Å². The fourth-order valence-corrected chi connectivity index (χ4v) is 2.29. The standard InChI is InChI=1S/C11H11N3S/c1-2-10-12-13-11-9-4-3-8(15)5-7(9)6-14(10)11/h3-5,15H,2,6H2,1H3. The minimum Gasteiger partial charge on any atom is -0.306 e. The van der Waals surface area contributed by atoms with Crippen molar-refractivity contribution in [1.29, 1.82) is 0 Å². The van der Waals surface area contributed by atoms with Gasteiger partial charge in [-0.2, -0.15) is 0 Å². The molecule has 0 aliphatic carbocycles. The Hall–Kier alpha value is -1.29. The van der Waals surface area contributed by atoms with Crippen LogP contribution in [0.2, 0.25) is 0 Å². The van der Waals surface area contributed by atoms with Crippen LogP contribution in [0.1, 0.15) is 18.3 Å². The first-order chi connectivity index (χ1) is 7.29. The molecule has 3 nitrogen and oxygen atoms in total. The first kappa shape index (κ1) is 8.97. The number of hydrogen-bond acceptors (Lipinski definition) is 3. The third-order valence-electron chi connectivity index (χ3n) is 2.80. The molecule has 2 heterocycles. The highest BCUT2D eigenvalue weighted by Crippen LogP contribution is 2.32. The third kappa shape index (κ3) is 1.21. The van der Waals surface area contributed by atoms with Crippen molar-refractivity contribution in [1.82, 2.24) is 14.8 Å². The molecule has 0 radical (unpaired) electrons. The van der Waals surface area contributed by atoms with Crippen LogP contribution in [0.5, 0.6) is 0 Å². The zero-order valence-corrected chi connectivity index (χ0v) is 9.33. The van der Waals surface area contributed by atoms with Gasteiger partial charge in [0.15, 0.2) is 5.82 Å². The van der Waals surface area contributed by atoms with Crippen LogP contribution in [0.25, 0.3) is 11.4 Å². The fraction of sp³-hybridized carbons (Fsp3) is 0.273. The van der Waals surface area contributed by atoms with Crippen molar-refractivity contribution in [3.05, 3.63) is 29.6 Å². The van der Waals surface area contributed by atoms with Crippen LogP contribution in [-0.4, -0.2) is 14.8 Å². The monoisotopic (exact) mass is 217 g/mol. The lowest BCUT2D eigenvalue weighted by Crippen LogP contribution is -1.99. The molecule has 0 spiro atoms. The summed E-state index contributed by atoms with van der Waals surface area (Å²) >= 11 is 4.35. The van der Waals surface area contributed by atoms with Gasteiger partial charge in [0, 0.05) is 16.9 Å². The quantitative estimate of drug-likeness (QED) is 0.633. The summed E-state index contributed by atoms with van der Waals surface area (Å²) in [6.07, 6.45) is 0.925. The molecule has 0 unspecified atom stereocenters. The first-order valence-electron chi connectivity index (χ1n) is 5.04. The van der Waals surface area contributed by atoms with Crippen LogP contribution in [0, 0.1) is 0 Å². The van der Waals surface area contributed by atoms with Gasteiger partial charge >= 0.3 is 0 Å². The van der Waals surface area contributed by atoms with Gasteiger partial charge in [-0.05, 0) is 23.8 Å². The van der Waals surface area contributed by atoms with E-state index in [-0.39, 0.29) is 0 Å². The van der Waals surface area contributed by atoms with E-state index in [9.17, 15) is 0 Å². The van der Waals surface area contributed by atoms with E-state index in [2.05, 4.69) is 46.4 Å². The number of hydrogen-bond donors (Lipinski definition) is 1. The van der Waals surface area contributed by atoms with Crippen molar-refractivity contribution in [3.8, 4) is 11.4 Å². The van der Waals surface area contributed by atoms with Gasteiger partial charge in [-0.3, -0.25) is 0 Å². The maximum Gasteiger partial charge on any atom is 0.164 e. The SMILES string of the molecule is CCc1nnc2n1Cc1cc(S)ccc1-2. The molecule has 3 rings (SSSR count). The first-order valence-corrected chi connectivity index (χ1v) is 5.48. The lowest BCUT2D eigenvalue weighted by Gasteiger charge is -1.99. The molecule has 1 aliphatic rings. The zero-order valence-electron chi connectivity index (χ0n) is 8.44. The predicted molar refractivity (Wildman–Crippen MR) is 61.2 cm³/mol. The number of benzene rings is 1. The Balaban J connectivity index is 2.20.